The molecule has 1 aliphatic carbocycles. The van der Waals surface area contributed by atoms with Crippen LogP contribution >= 0.6 is 0 Å². The number of benzene rings is 2. The fraction of sp³-hybridized carbons (Fsp3) is 0.364. The zero-order chi connectivity index (χ0) is 20.6. The molecule has 7 heteroatoms. The summed E-state index contributed by atoms with van der Waals surface area (Å²) >= 11 is 0. The van der Waals surface area contributed by atoms with Crippen LogP contribution in [0, 0.1) is 11.7 Å². The third-order valence-corrected chi connectivity index (χ3v) is 5.05. The van der Waals surface area contributed by atoms with Crippen LogP contribution in [0.25, 0.3) is 0 Å². The van der Waals surface area contributed by atoms with E-state index in [1.807, 2.05) is 6.07 Å². The highest BCUT2D eigenvalue weighted by molar-refractivity contribution is 5.99. The Kier molecular flexibility index (Phi) is 7.19. The monoisotopic (exact) mass is 400 g/mol. The van der Waals surface area contributed by atoms with Gasteiger partial charge in [-0.05, 0) is 48.6 Å². The third-order valence-electron chi connectivity index (χ3n) is 5.05. The number of esters is 1. The molecule has 2 aromatic carbocycles. The van der Waals surface area contributed by atoms with Gasteiger partial charge in [-0.2, -0.15) is 0 Å². The second-order valence-corrected chi connectivity index (χ2v) is 7.10. The van der Waals surface area contributed by atoms with E-state index in [-0.39, 0.29) is 11.5 Å². The van der Waals surface area contributed by atoms with Crippen LogP contribution < -0.4 is 10.8 Å². The molecule has 0 spiro atoms. The first kappa shape index (κ1) is 20.8. The molecule has 6 nitrogen and oxygen atoms in total. The van der Waals surface area contributed by atoms with Gasteiger partial charge in [0, 0.05) is 12.2 Å². The highest BCUT2D eigenvalue weighted by Gasteiger charge is 2.17. The predicted octanol–water partition coefficient (Wildman–Crippen LogP) is 4.08. The normalized spacial score (nSPS) is 13.9. The van der Waals surface area contributed by atoms with E-state index < -0.39 is 11.8 Å². The van der Waals surface area contributed by atoms with Crippen LogP contribution in [0.2, 0.25) is 0 Å². The minimum Gasteiger partial charge on any atom is -0.465 e. The summed E-state index contributed by atoms with van der Waals surface area (Å²) in [6, 6.07) is 11.3. The number of carbonyl (C=O) groups is 2. The zero-order valence-electron chi connectivity index (χ0n) is 16.4. The van der Waals surface area contributed by atoms with Crippen molar-refractivity contribution in [2.45, 2.75) is 32.2 Å². The van der Waals surface area contributed by atoms with E-state index in [1.54, 1.807) is 24.3 Å². The summed E-state index contributed by atoms with van der Waals surface area (Å²) in [7, 11) is 1.20. The molecular weight excluding hydrogens is 375 g/mol. The number of amides is 1. The van der Waals surface area contributed by atoms with E-state index in [0.717, 1.165) is 12.8 Å². The van der Waals surface area contributed by atoms with E-state index in [0.29, 0.717) is 35.9 Å². The number of hydrogen-bond acceptors (Lipinski definition) is 5. The van der Waals surface area contributed by atoms with Crippen molar-refractivity contribution in [3.8, 4) is 0 Å². The number of para-hydroxylation sites is 1. The SMILES string of the molecule is COC(=O)c1cc(CNc2ccccc2C(=O)NOCC2CCCC2)ccc1F. The number of nitrogens with one attached hydrogen (secondary N) is 2. The number of rotatable bonds is 8. The number of carbonyl (C=O) groups excluding carboxylic acids is 2. The molecule has 154 valence electrons. The summed E-state index contributed by atoms with van der Waals surface area (Å²) in [5.74, 6) is -1.20. The molecule has 1 fully saturated rings. The lowest BCUT2D eigenvalue weighted by molar-refractivity contribution is 0.0172. The molecule has 2 aromatic rings. The topological polar surface area (TPSA) is 76.7 Å². The maximum absolute atomic E-state index is 13.8. The fourth-order valence-electron chi connectivity index (χ4n) is 3.44. The van der Waals surface area contributed by atoms with Gasteiger partial charge >= 0.3 is 5.97 Å². The van der Waals surface area contributed by atoms with Crippen LogP contribution in [-0.4, -0.2) is 25.6 Å². The van der Waals surface area contributed by atoms with Crippen LogP contribution in [0.3, 0.4) is 0 Å². The van der Waals surface area contributed by atoms with Gasteiger partial charge < -0.3 is 10.1 Å². The molecule has 0 atom stereocenters. The van der Waals surface area contributed by atoms with Crippen LogP contribution in [0.5, 0.6) is 0 Å². The van der Waals surface area contributed by atoms with E-state index in [4.69, 9.17) is 4.84 Å². The molecule has 1 aliphatic rings. The maximum Gasteiger partial charge on any atom is 0.340 e. The van der Waals surface area contributed by atoms with Crippen LogP contribution in [0.1, 0.15) is 52.0 Å². The van der Waals surface area contributed by atoms with E-state index >= 15 is 0 Å². The lowest BCUT2D eigenvalue weighted by Crippen LogP contribution is -2.27. The Balaban J connectivity index is 1.61. The standard InChI is InChI=1S/C22H25FN2O4/c1-28-22(27)18-12-16(10-11-19(18)23)13-24-20-9-5-4-8-17(20)21(26)25-29-14-15-6-2-3-7-15/h4-5,8-12,15,24H,2-3,6-7,13-14H2,1H3,(H,25,26). The third kappa shape index (κ3) is 5.54. The molecule has 0 aliphatic heterocycles. The minimum atomic E-state index is -0.733. The highest BCUT2D eigenvalue weighted by atomic mass is 19.1. The van der Waals surface area contributed by atoms with Gasteiger partial charge in [-0.3, -0.25) is 9.63 Å². The van der Waals surface area contributed by atoms with Gasteiger partial charge in [0.2, 0.25) is 0 Å². The van der Waals surface area contributed by atoms with Crippen molar-refractivity contribution >= 4 is 17.6 Å². The number of hydroxylamine groups is 1. The number of anilines is 1. The quantitative estimate of drug-likeness (QED) is 0.516. The van der Waals surface area contributed by atoms with Crippen molar-refractivity contribution in [1.29, 1.82) is 0 Å². The smallest absolute Gasteiger partial charge is 0.340 e. The number of ether oxygens (including phenoxy) is 1. The average Bonchev–Trinajstić information content (AvgIpc) is 3.26. The van der Waals surface area contributed by atoms with Crippen molar-refractivity contribution in [2.75, 3.05) is 19.0 Å². The summed E-state index contributed by atoms with van der Waals surface area (Å²) in [5, 5.41) is 3.15. The van der Waals surface area contributed by atoms with Gasteiger partial charge in [-0.25, -0.2) is 14.7 Å². The largest absolute Gasteiger partial charge is 0.465 e. The van der Waals surface area contributed by atoms with Crippen molar-refractivity contribution in [3.63, 3.8) is 0 Å². The van der Waals surface area contributed by atoms with Crippen LogP contribution in [0.15, 0.2) is 42.5 Å². The summed E-state index contributed by atoms with van der Waals surface area (Å²) in [4.78, 5) is 29.5. The first-order valence-electron chi connectivity index (χ1n) is 9.70. The first-order valence-corrected chi connectivity index (χ1v) is 9.70. The van der Waals surface area contributed by atoms with Gasteiger partial charge in [0.25, 0.3) is 5.91 Å². The summed E-state index contributed by atoms with van der Waals surface area (Å²) in [6.07, 6.45) is 4.71. The lowest BCUT2D eigenvalue weighted by Gasteiger charge is -2.14. The Morgan fingerprint density at radius 1 is 1.10 bits per heavy atom. The summed E-state index contributed by atoms with van der Waals surface area (Å²) < 4.78 is 18.4. The first-order chi connectivity index (χ1) is 14.1. The van der Waals surface area contributed by atoms with Crippen LogP contribution in [0.4, 0.5) is 10.1 Å². The number of hydrogen-bond donors (Lipinski definition) is 2. The molecule has 1 amide bonds. The van der Waals surface area contributed by atoms with Gasteiger partial charge in [-0.15, -0.1) is 0 Å². The molecule has 29 heavy (non-hydrogen) atoms. The Morgan fingerprint density at radius 3 is 2.62 bits per heavy atom. The van der Waals surface area contributed by atoms with Crippen molar-refractivity contribution in [3.05, 3.63) is 65.0 Å². The number of halogens is 1. The molecule has 0 radical (unpaired) electrons. The van der Waals surface area contributed by atoms with Gasteiger partial charge in [0.05, 0.1) is 24.8 Å². The molecule has 0 heterocycles. The average molecular weight is 400 g/mol. The predicted molar refractivity (Wildman–Crippen MR) is 107 cm³/mol. The van der Waals surface area contributed by atoms with Gasteiger partial charge in [-0.1, -0.05) is 31.0 Å². The van der Waals surface area contributed by atoms with Crippen molar-refractivity contribution in [2.24, 2.45) is 5.92 Å². The van der Waals surface area contributed by atoms with E-state index in [1.165, 1.54) is 32.1 Å². The minimum absolute atomic E-state index is 0.127. The van der Waals surface area contributed by atoms with Crippen LogP contribution in [-0.2, 0) is 16.1 Å². The van der Waals surface area contributed by atoms with Crippen molar-refractivity contribution < 1.29 is 23.6 Å². The van der Waals surface area contributed by atoms with Crippen molar-refractivity contribution in [1.82, 2.24) is 5.48 Å². The van der Waals surface area contributed by atoms with E-state index in [9.17, 15) is 14.0 Å². The van der Waals surface area contributed by atoms with E-state index in [2.05, 4.69) is 15.5 Å². The Labute approximate surface area is 169 Å². The Bertz CT molecular complexity index is 866. The zero-order valence-corrected chi connectivity index (χ0v) is 16.4. The molecule has 1 saturated carbocycles. The highest BCUT2D eigenvalue weighted by Crippen LogP contribution is 2.24. The molecule has 0 bridgehead atoms. The second-order valence-electron chi connectivity index (χ2n) is 7.10. The Morgan fingerprint density at radius 2 is 1.86 bits per heavy atom. The second kappa shape index (κ2) is 10.0. The summed E-state index contributed by atoms with van der Waals surface area (Å²) in [5.41, 5.74) is 4.12. The number of methoxy groups -OCH3 is 1. The lowest BCUT2D eigenvalue weighted by atomic mass is 10.1. The molecule has 0 aromatic heterocycles. The molecular formula is C22H25FN2O4. The fourth-order valence-corrected chi connectivity index (χ4v) is 3.44. The molecule has 3 rings (SSSR count). The maximum atomic E-state index is 13.8. The Hall–Kier alpha value is -2.93. The van der Waals surface area contributed by atoms with Gasteiger partial charge in [0.15, 0.2) is 0 Å². The molecule has 2 N–H and O–H groups in total. The molecule has 0 unspecified atom stereocenters. The summed E-state index contributed by atoms with van der Waals surface area (Å²) in [6.45, 7) is 0.824. The molecule has 0 saturated heterocycles. The van der Waals surface area contributed by atoms with Gasteiger partial charge in [0.1, 0.15) is 5.82 Å².